The minimum Gasteiger partial charge on any atom is -0.374 e. The Balaban J connectivity index is 2.02. The molecule has 3 nitrogen and oxygen atoms in total. The van der Waals surface area contributed by atoms with Crippen LogP contribution in [-0.4, -0.2) is 14.2 Å². The van der Waals surface area contributed by atoms with E-state index in [-0.39, 0.29) is 16.5 Å². The molecule has 1 heterocycles. The van der Waals surface area contributed by atoms with Crippen LogP contribution >= 0.6 is 11.6 Å². The maximum absolute atomic E-state index is 13.8. The van der Waals surface area contributed by atoms with Gasteiger partial charge in [-0.15, -0.1) is 0 Å². The van der Waals surface area contributed by atoms with Gasteiger partial charge in [0.25, 0.3) is 0 Å². The fourth-order valence-corrected chi connectivity index (χ4v) is 4.33. The molecule has 104 valence electrons. The molecule has 0 fully saturated rings. The first-order valence-electron chi connectivity index (χ1n) is 6.01. The van der Waals surface area contributed by atoms with Crippen LogP contribution in [0.1, 0.15) is 11.6 Å². The van der Waals surface area contributed by atoms with Crippen LogP contribution in [0.3, 0.4) is 0 Å². The molecule has 0 saturated heterocycles. The zero-order chi connectivity index (χ0) is 14.3. The molecule has 0 amide bonds. The Bertz CT molecular complexity index is 756. The molecule has 0 aliphatic carbocycles. The first-order valence-corrected chi connectivity index (χ1v) is 8.04. The summed E-state index contributed by atoms with van der Waals surface area (Å²) in [6.07, 6.45) is 0. The Labute approximate surface area is 121 Å². The normalized spacial score (nSPS) is 19.6. The molecule has 2 aromatic rings. The van der Waals surface area contributed by atoms with Crippen molar-refractivity contribution in [2.24, 2.45) is 0 Å². The quantitative estimate of drug-likeness (QED) is 0.924. The number of hydrogen-bond donors (Lipinski definition) is 1. The Morgan fingerprint density at radius 3 is 2.65 bits per heavy atom. The zero-order valence-corrected chi connectivity index (χ0v) is 11.9. The summed E-state index contributed by atoms with van der Waals surface area (Å²) in [6, 6.07) is 10.6. The first kappa shape index (κ1) is 13.4. The summed E-state index contributed by atoms with van der Waals surface area (Å²) < 4.78 is 37.9. The number of nitrogens with one attached hydrogen (secondary N) is 1. The van der Waals surface area contributed by atoms with Gasteiger partial charge in [0.05, 0.1) is 27.4 Å². The van der Waals surface area contributed by atoms with Gasteiger partial charge in [-0.25, -0.2) is 12.8 Å². The predicted molar refractivity (Wildman–Crippen MR) is 76.3 cm³/mol. The third kappa shape index (κ3) is 2.17. The number of anilines is 1. The number of halogens is 2. The van der Waals surface area contributed by atoms with Crippen molar-refractivity contribution < 1.29 is 12.8 Å². The molecule has 0 spiro atoms. The Morgan fingerprint density at radius 2 is 1.90 bits per heavy atom. The molecule has 0 aromatic heterocycles. The van der Waals surface area contributed by atoms with E-state index in [1.807, 2.05) is 0 Å². The van der Waals surface area contributed by atoms with Crippen LogP contribution < -0.4 is 5.32 Å². The van der Waals surface area contributed by atoms with Gasteiger partial charge in [0, 0.05) is 0 Å². The van der Waals surface area contributed by atoms with Gasteiger partial charge >= 0.3 is 0 Å². The smallest absolute Gasteiger partial charge is 0.181 e. The van der Waals surface area contributed by atoms with Crippen molar-refractivity contribution in [1.82, 2.24) is 0 Å². The number of sulfone groups is 1. The Morgan fingerprint density at radius 1 is 1.15 bits per heavy atom. The number of fused-ring (bicyclic) bond motifs is 1. The van der Waals surface area contributed by atoms with Crippen LogP contribution in [0.4, 0.5) is 10.1 Å². The van der Waals surface area contributed by atoms with Crippen LogP contribution in [0.25, 0.3) is 0 Å². The van der Waals surface area contributed by atoms with Crippen molar-refractivity contribution in [2.75, 3.05) is 11.1 Å². The van der Waals surface area contributed by atoms with Crippen molar-refractivity contribution >= 4 is 27.1 Å². The monoisotopic (exact) mass is 311 g/mol. The Kier molecular flexibility index (Phi) is 3.18. The van der Waals surface area contributed by atoms with Crippen molar-refractivity contribution in [2.45, 2.75) is 10.9 Å². The highest BCUT2D eigenvalue weighted by molar-refractivity contribution is 7.91. The average molecular weight is 312 g/mol. The summed E-state index contributed by atoms with van der Waals surface area (Å²) in [5.74, 6) is -0.601. The van der Waals surface area contributed by atoms with E-state index in [2.05, 4.69) is 5.32 Å². The van der Waals surface area contributed by atoms with E-state index in [1.165, 1.54) is 12.1 Å². The van der Waals surface area contributed by atoms with Gasteiger partial charge in [0.15, 0.2) is 9.84 Å². The van der Waals surface area contributed by atoms with Crippen molar-refractivity contribution in [3.63, 3.8) is 0 Å². The number of para-hydroxylation sites is 1. The minimum atomic E-state index is -3.33. The van der Waals surface area contributed by atoms with Gasteiger partial charge in [0.2, 0.25) is 0 Å². The van der Waals surface area contributed by atoms with E-state index in [0.29, 0.717) is 10.5 Å². The van der Waals surface area contributed by atoms with Crippen LogP contribution in [0.2, 0.25) is 5.02 Å². The van der Waals surface area contributed by atoms with E-state index < -0.39 is 21.7 Å². The summed E-state index contributed by atoms with van der Waals surface area (Å²) in [4.78, 5) is 0.296. The molecule has 0 radical (unpaired) electrons. The maximum atomic E-state index is 13.8. The first-order chi connectivity index (χ1) is 9.49. The molecular formula is C14H11ClFNO2S. The standard InChI is InChI=1S/C14H11ClFNO2S/c15-10-5-3-6-11(16)14(10)17-12-8-20(18,19)13-7-2-1-4-9(12)13/h1-7,12,17H,8H2. The fraction of sp³-hybridized carbons (Fsp3) is 0.143. The number of benzene rings is 2. The molecule has 2 aromatic carbocycles. The topological polar surface area (TPSA) is 46.2 Å². The van der Waals surface area contributed by atoms with Gasteiger partial charge in [-0.2, -0.15) is 0 Å². The highest BCUT2D eigenvalue weighted by Crippen LogP contribution is 2.37. The van der Waals surface area contributed by atoms with Crippen LogP contribution in [-0.2, 0) is 9.84 Å². The number of rotatable bonds is 2. The molecule has 1 aliphatic heterocycles. The third-order valence-electron chi connectivity index (χ3n) is 3.30. The van der Waals surface area contributed by atoms with E-state index in [1.54, 1.807) is 30.3 Å². The van der Waals surface area contributed by atoms with E-state index in [0.717, 1.165) is 0 Å². The lowest BCUT2D eigenvalue weighted by molar-refractivity contribution is 0.598. The Hall–Kier alpha value is -1.59. The lowest BCUT2D eigenvalue weighted by Gasteiger charge is -2.16. The second-order valence-electron chi connectivity index (χ2n) is 4.61. The molecule has 1 aliphatic rings. The molecular weight excluding hydrogens is 301 g/mol. The molecule has 1 N–H and O–H groups in total. The largest absolute Gasteiger partial charge is 0.374 e. The summed E-state index contributed by atoms with van der Waals surface area (Å²) in [5.41, 5.74) is 0.776. The van der Waals surface area contributed by atoms with Crippen molar-refractivity contribution in [3.8, 4) is 0 Å². The van der Waals surface area contributed by atoms with Crippen LogP contribution in [0, 0.1) is 5.82 Å². The van der Waals surface area contributed by atoms with Crippen LogP contribution in [0.5, 0.6) is 0 Å². The van der Waals surface area contributed by atoms with Gasteiger partial charge in [-0.1, -0.05) is 35.9 Å². The molecule has 1 atom stereocenters. The highest BCUT2D eigenvalue weighted by Gasteiger charge is 2.34. The summed E-state index contributed by atoms with van der Waals surface area (Å²) in [5, 5.41) is 3.13. The SMILES string of the molecule is O=S1(=O)CC(Nc2c(F)cccc2Cl)c2ccccc21. The van der Waals surface area contributed by atoms with Gasteiger partial charge in [-0.05, 0) is 23.8 Å². The van der Waals surface area contributed by atoms with Crippen molar-refractivity contribution in [3.05, 3.63) is 58.9 Å². The van der Waals surface area contributed by atoms with Gasteiger partial charge < -0.3 is 5.32 Å². The van der Waals surface area contributed by atoms with E-state index in [4.69, 9.17) is 11.6 Å². The summed E-state index contributed by atoms with van der Waals surface area (Å²) in [6.45, 7) is 0. The van der Waals surface area contributed by atoms with E-state index in [9.17, 15) is 12.8 Å². The number of hydrogen-bond acceptors (Lipinski definition) is 3. The van der Waals surface area contributed by atoms with Gasteiger partial charge in [-0.3, -0.25) is 0 Å². The van der Waals surface area contributed by atoms with E-state index >= 15 is 0 Å². The lowest BCUT2D eigenvalue weighted by atomic mass is 10.1. The molecule has 0 saturated carbocycles. The lowest BCUT2D eigenvalue weighted by Crippen LogP contribution is -2.14. The molecule has 6 heteroatoms. The second-order valence-corrected chi connectivity index (χ2v) is 7.02. The molecule has 20 heavy (non-hydrogen) atoms. The predicted octanol–water partition coefficient (Wildman–Crippen LogP) is 3.42. The molecule has 0 bridgehead atoms. The minimum absolute atomic E-state index is 0.100. The summed E-state index contributed by atoms with van der Waals surface area (Å²) >= 11 is 5.95. The van der Waals surface area contributed by atoms with Gasteiger partial charge in [0.1, 0.15) is 5.82 Å². The second kappa shape index (κ2) is 4.75. The highest BCUT2D eigenvalue weighted by atomic mass is 35.5. The zero-order valence-electron chi connectivity index (χ0n) is 10.3. The fourth-order valence-electron chi connectivity index (χ4n) is 2.38. The summed E-state index contributed by atoms with van der Waals surface area (Å²) in [7, 11) is -3.33. The third-order valence-corrected chi connectivity index (χ3v) is 5.43. The van der Waals surface area contributed by atoms with Crippen molar-refractivity contribution in [1.29, 1.82) is 0 Å². The average Bonchev–Trinajstić information content (AvgIpc) is 2.66. The maximum Gasteiger partial charge on any atom is 0.181 e. The molecule has 3 rings (SSSR count). The van der Waals surface area contributed by atoms with Crippen LogP contribution in [0.15, 0.2) is 47.4 Å². The molecule has 1 unspecified atom stereocenters.